The summed E-state index contributed by atoms with van der Waals surface area (Å²) in [5, 5.41) is 10.2. The van der Waals surface area contributed by atoms with Crippen molar-refractivity contribution in [2.45, 2.75) is 24.4 Å². The number of para-hydroxylation sites is 1. The average Bonchev–Trinajstić information content (AvgIpc) is 3.39. The van der Waals surface area contributed by atoms with Crippen LogP contribution in [0.25, 0.3) is 22.7 Å². The van der Waals surface area contributed by atoms with Gasteiger partial charge in [-0.2, -0.15) is 0 Å². The van der Waals surface area contributed by atoms with Crippen LogP contribution < -0.4 is 4.74 Å². The van der Waals surface area contributed by atoms with Crippen molar-refractivity contribution in [1.82, 2.24) is 19.7 Å². The number of methoxy groups -OCH3 is 1. The summed E-state index contributed by atoms with van der Waals surface area (Å²) in [6.45, 7) is 2.81. The lowest BCUT2D eigenvalue weighted by atomic mass is 10.2. The van der Waals surface area contributed by atoms with Crippen LogP contribution in [0.1, 0.15) is 12.8 Å². The zero-order valence-corrected chi connectivity index (χ0v) is 17.6. The molecule has 4 aromatic rings. The minimum atomic E-state index is 0.553. The molecule has 0 bridgehead atoms. The molecule has 0 fully saturated rings. The number of aromatic nitrogens is 4. The van der Waals surface area contributed by atoms with Crippen molar-refractivity contribution in [3.8, 4) is 28.5 Å². The lowest BCUT2D eigenvalue weighted by Gasteiger charge is -2.10. The predicted octanol–water partition coefficient (Wildman–Crippen LogP) is 5.57. The van der Waals surface area contributed by atoms with E-state index in [9.17, 15) is 0 Å². The van der Waals surface area contributed by atoms with Crippen molar-refractivity contribution < 1.29 is 9.15 Å². The van der Waals surface area contributed by atoms with Crippen LogP contribution in [0.3, 0.4) is 0 Å². The van der Waals surface area contributed by atoms with Crippen LogP contribution in [-0.2, 0) is 12.3 Å². The van der Waals surface area contributed by atoms with Crippen LogP contribution >= 0.6 is 23.4 Å². The van der Waals surface area contributed by atoms with Gasteiger partial charge >= 0.3 is 0 Å². The van der Waals surface area contributed by atoms with Crippen LogP contribution in [0.4, 0.5) is 0 Å². The summed E-state index contributed by atoms with van der Waals surface area (Å²) in [5.41, 5.74) is 1.85. The molecule has 0 saturated heterocycles. The quantitative estimate of drug-likeness (QED) is 0.360. The Morgan fingerprint density at radius 2 is 1.90 bits per heavy atom. The molecule has 4 rings (SSSR count). The number of ether oxygens (including phenoxy) is 1. The van der Waals surface area contributed by atoms with Gasteiger partial charge in [0, 0.05) is 17.1 Å². The SMILES string of the molecule is CCn1c(SCc2ncc(-c3ccc(Cl)cc3)o2)nnc1-c1ccccc1OC. The number of nitrogens with zero attached hydrogens (tertiary/aromatic N) is 4. The van der Waals surface area contributed by atoms with E-state index in [1.807, 2.05) is 48.5 Å². The zero-order chi connectivity index (χ0) is 20.2. The highest BCUT2D eigenvalue weighted by Gasteiger charge is 2.17. The highest BCUT2D eigenvalue weighted by Crippen LogP contribution is 2.32. The first kappa shape index (κ1) is 19.5. The molecule has 8 heteroatoms. The summed E-state index contributed by atoms with van der Waals surface area (Å²) in [4.78, 5) is 4.38. The van der Waals surface area contributed by atoms with E-state index in [0.717, 1.165) is 34.4 Å². The van der Waals surface area contributed by atoms with Crippen molar-refractivity contribution in [1.29, 1.82) is 0 Å². The van der Waals surface area contributed by atoms with E-state index in [1.165, 1.54) is 11.8 Å². The number of thioether (sulfide) groups is 1. The van der Waals surface area contributed by atoms with Crippen molar-refractivity contribution in [2.75, 3.05) is 7.11 Å². The third-order valence-corrected chi connectivity index (χ3v) is 5.59. The first-order valence-electron chi connectivity index (χ1n) is 9.09. The predicted molar refractivity (Wildman–Crippen MR) is 114 cm³/mol. The van der Waals surface area contributed by atoms with Crippen molar-refractivity contribution in [3.05, 3.63) is 65.6 Å². The van der Waals surface area contributed by atoms with E-state index in [2.05, 4.69) is 26.7 Å². The van der Waals surface area contributed by atoms with Gasteiger partial charge in [-0.3, -0.25) is 0 Å². The van der Waals surface area contributed by atoms with E-state index in [1.54, 1.807) is 13.3 Å². The Hall–Kier alpha value is -2.77. The molecular weight excluding hydrogens is 408 g/mol. The molecule has 0 radical (unpaired) electrons. The van der Waals surface area contributed by atoms with Crippen molar-refractivity contribution in [2.24, 2.45) is 0 Å². The molecule has 0 saturated carbocycles. The van der Waals surface area contributed by atoms with Gasteiger partial charge in [0.15, 0.2) is 16.7 Å². The van der Waals surface area contributed by atoms with Gasteiger partial charge < -0.3 is 13.7 Å². The van der Waals surface area contributed by atoms with Gasteiger partial charge in [-0.25, -0.2) is 4.98 Å². The monoisotopic (exact) mass is 426 g/mol. The minimum absolute atomic E-state index is 0.553. The highest BCUT2D eigenvalue weighted by molar-refractivity contribution is 7.98. The van der Waals surface area contributed by atoms with Crippen LogP contribution in [0.15, 0.2) is 64.3 Å². The molecule has 0 amide bonds. The summed E-state index contributed by atoms with van der Waals surface area (Å²) in [5.74, 6) is 3.44. The molecular formula is C21H19ClN4O2S. The van der Waals surface area contributed by atoms with Crippen molar-refractivity contribution in [3.63, 3.8) is 0 Å². The maximum absolute atomic E-state index is 5.94. The normalized spacial score (nSPS) is 11.0. The zero-order valence-electron chi connectivity index (χ0n) is 16.0. The highest BCUT2D eigenvalue weighted by atomic mass is 35.5. The molecule has 148 valence electrons. The second kappa shape index (κ2) is 8.71. The number of hydrogen-bond acceptors (Lipinski definition) is 6. The first-order chi connectivity index (χ1) is 14.2. The number of oxazole rings is 1. The Balaban J connectivity index is 1.52. The standard InChI is InChI=1S/C21H19ClN4O2S/c1-3-26-20(16-6-4-5-7-17(16)27-2)24-25-21(26)29-13-19-23-12-18(28-19)14-8-10-15(22)11-9-14/h4-12H,3,13H2,1-2H3. The fourth-order valence-corrected chi connectivity index (χ4v) is 3.94. The fraction of sp³-hybridized carbons (Fsp3) is 0.190. The van der Waals surface area contributed by atoms with Crippen molar-refractivity contribution >= 4 is 23.4 Å². The fourth-order valence-electron chi connectivity index (χ4n) is 2.96. The molecule has 0 aliphatic heterocycles. The molecule has 0 atom stereocenters. The molecule has 2 aromatic carbocycles. The second-order valence-corrected chi connectivity index (χ2v) is 7.54. The number of benzene rings is 2. The van der Waals surface area contributed by atoms with Crippen LogP contribution in [-0.4, -0.2) is 26.9 Å². The third-order valence-electron chi connectivity index (χ3n) is 4.39. The topological polar surface area (TPSA) is 66.0 Å². The van der Waals surface area contributed by atoms with E-state index in [4.69, 9.17) is 20.8 Å². The first-order valence-corrected chi connectivity index (χ1v) is 10.5. The van der Waals surface area contributed by atoms with Crippen LogP contribution in [0.5, 0.6) is 5.75 Å². The molecule has 0 spiro atoms. The second-order valence-electron chi connectivity index (χ2n) is 6.16. The summed E-state index contributed by atoms with van der Waals surface area (Å²) >= 11 is 7.48. The molecule has 6 nitrogen and oxygen atoms in total. The van der Waals surface area contributed by atoms with Gasteiger partial charge in [-0.1, -0.05) is 35.5 Å². The van der Waals surface area contributed by atoms with Gasteiger partial charge in [0.2, 0.25) is 5.89 Å². The van der Waals surface area contributed by atoms with Crippen LogP contribution in [0, 0.1) is 0 Å². The summed E-state index contributed by atoms with van der Waals surface area (Å²) in [6.07, 6.45) is 1.73. The molecule has 29 heavy (non-hydrogen) atoms. The van der Waals surface area contributed by atoms with Crippen LogP contribution in [0.2, 0.25) is 5.02 Å². The smallest absolute Gasteiger partial charge is 0.205 e. The van der Waals surface area contributed by atoms with Gasteiger partial charge in [0.05, 0.1) is 24.6 Å². The molecule has 0 unspecified atom stereocenters. The van der Waals surface area contributed by atoms with Gasteiger partial charge in [0.25, 0.3) is 0 Å². The molecule has 0 N–H and O–H groups in total. The Kier molecular flexibility index (Phi) is 5.87. The van der Waals surface area contributed by atoms with E-state index in [-0.39, 0.29) is 0 Å². The average molecular weight is 427 g/mol. The Morgan fingerprint density at radius 1 is 1.10 bits per heavy atom. The molecule has 2 aromatic heterocycles. The molecule has 0 aliphatic rings. The molecule has 0 aliphatic carbocycles. The third kappa shape index (κ3) is 4.16. The maximum Gasteiger partial charge on any atom is 0.205 e. The van der Waals surface area contributed by atoms with Gasteiger partial charge in [-0.15, -0.1) is 10.2 Å². The maximum atomic E-state index is 5.94. The summed E-state index contributed by atoms with van der Waals surface area (Å²) in [6, 6.07) is 15.3. The lowest BCUT2D eigenvalue weighted by molar-refractivity contribution is 0.416. The number of halogens is 1. The Bertz CT molecular complexity index is 1110. The van der Waals surface area contributed by atoms with E-state index >= 15 is 0 Å². The number of rotatable bonds is 7. The van der Waals surface area contributed by atoms with Gasteiger partial charge in [-0.05, 0) is 43.3 Å². The summed E-state index contributed by atoms with van der Waals surface area (Å²) in [7, 11) is 1.65. The van der Waals surface area contributed by atoms with Gasteiger partial charge in [0.1, 0.15) is 5.75 Å². The Morgan fingerprint density at radius 3 is 2.66 bits per heavy atom. The van der Waals surface area contributed by atoms with E-state index in [0.29, 0.717) is 22.4 Å². The number of hydrogen-bond donors (Lipinski definition) is 0. The minimum Gasteiger partial charge on any atom is -0.496 e. The molecule has 2 heterocycles. The lowest BCUT2D eigenvalue weighted by Crippen LogP contribution is -2.01. The van der Waals surface area contributed by atoms with E-state index < -0.39 is 0 Å². The largest absolute Gasteiger partial charge is 0.496 e. The summed E-state index contributed by atoms with van der Waals surface area (Å²) < 4.78 is 13.4. The Labute approximate surface area is 177 Å².